The van der Waals surface area contributed by atoms with E-state index in [1.54, 1.807) is 36.4 Å². The van der Waals surface area contributed by atoms with E-state index in [-0.39, 0.29) is 28.6 Å². The van der Waals surface area contributed by atoms with Crippen LogP contribution in [0.5, 0.6) is 0 Å². The molecule has 0 aromatic heterocycles. The fourth-order valence-electron chi connectivity index (χ4n) is 3.76. The molecule has 1 saturated heterocycles. The average Bonchev–Trinajstić information content (AvgIpc) is 3.17. The zero-order valence-electron chi connectivity index (χ0n) is 19.6. The summed E-state index contributed by atoms with van der Waals surface area (Å²) in [5.74, 6) is -0.925. The first-order valence-electron chi connectivity index (χ1n) is 11.1. The van der Waals surface area contributed by atoms with Crippen LogP contribution in [0.25, 0.3) is 0 Å². The third-order valence-electron chi connectivity index (χ3n) is 5.65. The number of hydrogen-bond acceptors (Lipinski definition) is 6. The molecule has 8 nitrogen and oxygen atoms in total. The molecule has 3 aromatic rings. The molecule has 3 aromatic carbocycles. The number of anilines is 2. The lowest BCUT2D eigenvalue weighted by Gasteiger charge is -2.19. The first kappa shape index (κ1) is 24.7. The van der Waals surface area contributed by atoms with Crippen molar-refractivity contribution in [3.05, 3.63) is 110 Å². The van der Waals surface area contributed by atoms with Crippen LogP contribution in [0.2, 0.25) is 0 Å². The maximum Gasteiger partial charge on any atom is 0.269 e. The third-order valence-corrected chi connectivity index (χ3v) is 6.91. The number of amides is 2. The summed E-state index contributed by atoms with van der Waals surface area (Å²) in [5, 5.41) is 23.4. The summed E-state index contributed by atoms with van der Waals surface area (Å²) >= 11 is 1.11. The van der Waals surface area contributed by atoms with Crippen LogP contribution in [0.4, 0.5) is 17.1 Å². The number of nitriles is 1. The van der Waals surface area contributed by atoms with Gasteiger partial charge in [-0.05, 0) is 50.1 Å². The van der Waals surface area contributed by atoms with Crippen LogP contribution in [-0.4, -0.2) is 22.0 Å². The molecule has 1 N–H and O–H groups in total. The van der Waals surface area contributed by atoms with Crippen LogP contribution in [0.15, 0.2) is 83.4 Å². The molecule has 1 atom stereocenters. The van der Waals surface area contributed by atoms with E-state index in [1.807, 2.05) is 44.2 Å². The molecule has 0 saturated carbocycles. The molecule has 1 aliphatic heterocycles. The Kier molecular flexibility index (Phi) is 7.17. The molecule has 0 bridgehead atoms. The Bertz CT molecular complexity index is 1410. The smallest absolute Gasteiger partial charge is 0.269 e. The Morgan fingerprint density at radius 3 is 2.33 bits per heavy atom. The number of nitrogens with zero attached hydrogens (tertiary/aromatic N) is 3. The predicted octanol–water partition coefficient (Wildman–Crippen LogP) is 5.28. The first-order chi connectivity index (χ1) is 17.3. The van der Waals surface area contributed by atoms with Gasteiger partial charge in [0.15, 0.2) is 0 Å². The predicted molar refractivity (Wildman–Crippen MR) is 139 cm³/mol. The molecule has 0 radical (unpaired) electrons. The van der Waals surface area contributed by atoms with Gasteiger partial charge in [-0.1, -0.05) is 59.3 Å². The van der Waals surface area contributed by atoms with E-state index in [0.717, 1.165) is 22.9 Å². The van der Waals surface area contributed by atoms with Gasteiger partial charge in [-0.3, -0.25) is 24.6 Å². The van der Waals surface area contributed by atoms with Gasteiger partial charge in [0.1, 0.15) is 16.7 Å². The Balaban J connectivity index is 1.72. The monoisotopic (exact) mass is 498 g/mol. The van der Waals surface area contributed by atoms with Gasteiger partial charge < -0.3 is 5.32 Å². The van der Waals surface area contributed by atoms with E-state index < -0.39 is 16.1 Å². The summed E-state index contributed by atoms with van der Waals surface area (Å²) in [6.45, 7) is 3.85. The first-order valence-corrected chi connectivity index (χ1v) is 12.0. The summed E-state index contributed by atoms with van der Waals surface area (Å²) in [6.07, 6.45) is 0.204. The number of carbonyl (C=O) groups excluding carboxylic acids is 2. The van der Waals surface area contributed by atoms with Crippen molar-refractivity contribution in [2.75, 3.05) is 10.2 Å². The van der Waals surface area contributed by atoms with Gasteiger partial charge in [0, 0.05) is 23.5 Å². The van der Waals surface area contributed by atoms with Crippen LogP contribution in [0, 0.1) is 35.3 Å². The number of thioether (sulfide) groups is 1. The van der Waals surface area contributed by atoms with Gasteiger partial charge in [0.25, 0.3) is 11.6 Å². The summed E-state index contributed by atoms with van der Waals surface area (Å²) in [7, 11) is 0. The number of aryl methyl sites for hydroxylation is 2. The van der Waals surface area contributed by atoms with Gasteiger partial charge in [-0.2, -0.15) is 5.26 Å². The molecule has 2 amide bonds. The van der Waals surface area contributed by atoms with E-state index in [0.29, 0.717) is 16.9 Å². The minimum Gasteiger partial charge on any atom is -0.321 e. The standard InChI is InChI=1S/C27H22N4O4S/c1-17-6-10-20(11-7-17)29-25(32)23(16-28)27-30(21-12-8-18(2)9-13-21)26(33)24(36-27)15-19-4-3-5-22(14-19)31(34)35/h3-14,24H,15H2,1-2H3,(H,29,32). The minimum atomic E-state index is -0.668. The van der Waals surface area contributed by atoms with Crippen molar-refractivity contribution in [3.8, 4) is 6.07 Å². The maximum absolute atomic E-state index is 13.6. The third kappa shape index (κ3) is 5.29. The Labute approximate surface area is 212 Å². The second-order valence-electron chi connectivity index (χ2n) is 8.36. The second-order valence-corrected chi connectivity index (χ2v) is 9.55. The van der Waals surface area contributed by atoms with E-state index in [2.05, 4.69) is 5.32 Å². The van der Waals surface area contributed by atoms with Crippen LogP contribution in [0.3, 0.4) is 0 Å². The zero-order chi connectivity index (χ0) is 25.8. The van der Waals surface area contributed by atoms with E-state index in [9.17, 15) is 25.0 Å². The van der Waals surface area contributed by atoms with Gasteiger partial charge >= 0.3 is 0 Å². The SMILES string of the molecule is Cc1ccc(NC(=O)C(C#N)=C2SC(Cc3cccc([N+](=O)[O-])c3)C(=O)N2c2ccc(C)cc2)cc1. The van der Waals surface area contributed by atoms with Crippen LogP contribution >= 0.6 is 11.8 Å². The lowest BCUT2D eigenvalue weighted by atomic mass is 10.1. The highest BCUT2D eigenvalue weighted by Crippen LogP contribution is 2.42. The van der Waals surface area contributed by atoms with Gasteiger partial charge in [0.2, 0.25) is 5.91 Å². The van der Waals surface area contributed by atoms with Gasteiger partial charge in [-0.15, -0.1) is 0 Å². The number of carbonyl (C=O) groups is 2. The molecule has 9 heteroatoms. The highest BCUT2D eigenvalue weighted by atomic mass is 32.2. The van der Waals surface area contributed by atoms with Crippen molar-refractivity contribution in [2.24, 2.45) is 0 Å². The lowest BCUT2D eigenvalue weighted by Crippen LogP contribution is -2.30. The zero-order valence-corrected chi connectivity index (χ0v) is 20.4. The van der Waals surface area contributed by atoms with Crippen molar-refractivity contribution < 1.29 is 14.5 Å². The number of nitro benzene ring substituents is 1. The van der Waals surface area contributed by atoms with Crippen LogP contribution < -0.4 is 10.2 Å². The Hall–Kier alpha value is -4.42. The van der Waals surface area contributed by atoms with Crippen LogP contribution in [-0.2, 0) is 16.0 Å². The number of nitro groups is 1. The Morgan fingerprint density at radius 1 is 1.08 bits per heavy atom. The number of non-ortho nitro benzene ring substituents is 1. The lowest BCUT2D eigenvalue weighted by molar-refractivity contribution is -0.384. The summed E-state index contributed by atoms with van der Waals surface area (Å²) in [6, 6.07) is 22.5. The number of rotatable bonds is 6. The van der Waals surface area contributed by atoms with E-state index in [1.165, 1.54) is 17.0 Å². The van der Waals surface area contributed by atoms with Crippen molar-refractivity contribution in [3.63, 3.8) is 0 Å². The molecular formula is C27H22N4O4S. The molecule has 0 aliphatic carbocycles. The van der Waals surface area contributed by atoms with Crippen molar-refractivity contribution in [2.45, 2.75) is 25.5 Å². The largest absolute Gasteiger partial charge is 0.321 e. The van der Waals surface area contributed by atoms with Crippen molar-refractivity contribution in [1.82, 2.24) is 0 Å². The molecular weight excluding hydrogens is 476 g/mol. The summed E-state index contributed by atoms with van der Waals surface area (Å²) in [4.78, 5) is 38.8. The molecule has 36 heavy (non-hydrogen) atoms. The molecule has 1 fully saturated rings. The van der Waals surface area contributed by atoms with Gasteiger partial charge in [0.05, 0.1) is 10.2 Å². The Morgan fingerprint density at radius 2 is 1.72 bits per heavy atom. The highest BCUT2D eigenvalue weighted by Gasteiger charge is 2.41. The second kappa shape index (κ2) is 10.5. The van der Waals surface area contributed by atoms with E-state index >= 15 is 0 Å². The highest BCUT2D eigenvalue weighted by molar-refractivity contribution is 8.05. The van der Waals surface area contributed by atoms with Crippen molar-refractivity contribution >= 4 is 40.6 Å². The fraction of sp³-hybridized carbons (Fsp3) is 0.148. The number of benzene rings is 3. The maximum atomic E-state index is 13.6. The van der Waals surface area contributed by atoms with Gasteiger partial charge in [-0.25, -0.2) is 0 Å². The molecule has 4 rings (SSSR count). The fourth-order valence-corrected chi connectivity index (χ4v) is 5.07. The molecule has 1 unspecified atom stereocenters. The minimum absolute atomic E-state index is 0.0655. The molecule has 1 aliphatic rings. The van der Waals surface area contributed by atoms with E-state index in [4.69, 9.17) is 0 Å². The normalized spacial score (nSPS) is 16.4. The number of nitrogens with one attached hydrogen (secondary N) is 1. The average molecular weight is 499 g/mol. The molecule has 1 heterocycles. The molecule has 180 valence electrons. The van der Waals surface area contributed by atoms with Crippen LogP contribution in [0.1, 0.15) is 16.7 Å². The molecule has 0 spiro atoms. The summed E-state index contributed by atoms with van der Waals surface area (Å²) in [5.41, 5.74) is 3.45. The van der Waals surface area contributed by atoms with Crippen molar-refractivity contribution in [1.29, 1.82) is 5.26 Å². The topological polar surface area (TPSA) is 116 Å². The number of hydrogen-bond donors (Lipinski definition) is 1. The quantitative estimate of drug-likeness (QED) is 0.214. The summed E-state index contributed by atoms with van der Waals surface area (Å²) < 4.78 is 0.